The molecule has 1 amide bonds. The summed E-state index contributed by atoms with van der Waals surface area (Å²) >= 11 is 5.25. The van der Waals surface area contributed by atoms with Crippen LogP contribution in [-0.4, -0.2) is 5.91 Å². The van der Waals surface area contributed by atoms with Gasteiger partial charge in [0, 0.05) is 15.1 Å². The Hall–Kier alpha value is -1.30. The highest BCUT2D eigenvalue weighted by Gasteiger charge is 2.02. The summed E-state index contributed by atoms with van der Waals surface area (Å²) in [5.41, 5.74) is 4.32. The Labute approximate surface area is 131 Å². The summed E-state index contributed by atoms with van der Waals surface area (Å²) in [6, 6.07) is 16.3. The first-order chi connectivity index (χ1) is 9.67. The molecule has 0 saturated carbocycles. The van der Waals surface area contributed by atoms with Crippen molar-refractivity contribution in [2.45, 2.75) is 17.1 Å². The molecule has 0 atom stereocenters. The minimum absolute atomic E-state index is 0.179. The van der Waals surface area contributed by atoms with E-state index in [4.69, 9.17) is 5.84 Å². The van der Waals surface area contributed by atoms with Crippen LogP contribution in [0.2, 0.25) is 0 Å². The Balaban J connectivity index is 1.92. The van der Waals surface area contributed by atoms with Gasteiger partial charge < -0.3 is 0 Å². The molecule has 5 heteroatoms. The van der Waals surface area contributed by atoms with Gasteiger partial charge in [0.25, 0.3) is 0 Å². The monoisotopic (exact) mass is 350 g/mol. The van der Waals surface area contributed by atoms with E-state index in [-0.39, 0.29) is 5.91 Å². The normalized spacial score (nSPS) is 10.3. The number of benzene rings is 2. The van der Waals surface area contributed by atoms with Gasteiger partial charge >= 0.3 is 0 Å². The molecular weight excluding hydrogens is 336 g/mol. The highest BCUT2D eigenvalue weighted by atomic mass is 79.9. The van der Waals surface area contributed by atoms with E-state index in [0.29, 0.717) is 6.42 Å². The summed E-state index contributed by atoms with van der Waals surface area (Å²) < 4.78 is 1.09. The van der Waals surface area contributed by atoms with Crippen LogP contribution in [0, 0.1) is 0 Å². The van der Waals surface area contributed by atoms with Crippen molar-refractivity contribution in [2.24, 2.45) is 5.84 Å². The summed E-state index contributed by atoms with van der Waals surface area (Å²) in [5, 5.41) is 0. The number of nitrogens with two attached hydrogens (primary N) is 1. The molecule has 3 N–H and O–H groups in total. The molecule has 3 nitrogen and oxygen atoms in total. The fourth-order valence-electron chi connectivity index (χ4n) is 1.71. The number of rotatable bonds is 5. The van der Waals surface area contributed by atoms with Crippen molar-refractivity contribution in [3.8, 4) is 0 Å². The largest absolute Gasteiger partial charge is 0.294 e. The zero-order valence-electron chi connectivity index (χ0n) is 10.8. The Bertz CT molecular complexity index is 587. The first kappa shape index (κ1) is 15.1. The number of hydrogen-bond acceptors (Lipinski definition) is 3. The van der Waals surface area contributed by atoms with Crippen molar-refractivity contribution >= 4 is 33.6 Å². The number of amides is 1. The molecule has 0 aliphatic rings. The van der Waals surface area contributed by atoms with Gasteiger partial charge in [-0.1, -0.05) is 46.3 Å². The number of halogens is 1. The fraction of sp³-hybridized carbons (Fsp3) is 0.133. The van der Waals surface area contributed by atoms with Crippen LogP contribution in [-0.2, 0) is 17.0 Å². The topological polar surface area (TPSA) is 55.1 Å². The number of hydrazine groups is 1. The third-order valence-corrected chi connectivity index (χ3v) is 4.31. The highest BCUT2D eigenvalue weighted by molar-refractivity contribution is 9.10. The number of carbonyl (C=O) groups is 1. The maximum atomic E-state index is 11.2. The maximum absolute atomic E-state index is 11.2. The van der Waals surface area contributed by atoms with Gasteiger partial charge in [0.05, 0.1) is 6.42 Å². The van der Waals surface area contributed by atoms with Gasteiger partial charge in [-0.15, -0.1) is 11.8 Å². The van der Waals surface area contributed by atoms with Crippen molar-refractivity contribution < 1.29 is 4.79 Å². The highest BCUT2D eigenvalue weighted by Crippen LogP contribution is 2.25. The summed E-state index contributed by atoms with van der Waals surface area (Å²) in [6.07, 6.45) is 0.315. The van der Waals surface area contributed by atoms with Crippen molar-refractivity contribution in [1.29, 1.82) is 0 Å². The predicted octanol–water partition coefficient (Wildman–Crippen LogP) is 3.27. The van der Waals surface area contributed by atoms with Crippen LogP contribution in [0.15, 0.2) is 57.9 Å². The lowest BCUT2D eigenvalue weighted by Crippen LogP contribution is -2.31. The van der Waals surface area contributed by atoms with Crippen molar-refractivity contribution in [3.05, 3.63) is 64.1 Å². The second kappa shape index (κ2) is 7.47. The quantitative estimate of drug-likeness (QED) is 0.376. The van der Waals surface area contributed by atoms with E-state index in [1.165, 1.54) is 10.5 Å². The van der Waals surface area contributed by atoms with E-state index in [1.807, 2.05) is 36.4 Å². The first-order valence-corrected chi connectivity index (χ1v) is 7.91. The van der Waals surface area contributed by atoms with E-state index in [2.05, 4.69) is 33.5 Å². The summed E-state index contributed by atoms with van der Waals surface area (Å²) in [7, 11) is 0. The van der Waals surface area contributed by atoms with E-state index >= 15 is 0 Å². The SMILES string of the molecule is NNC(=O)Cc1ccc(CSc2cccc(Br)c2)cc1. The molecule has 0 fully saturated rings. The molecule has 2 aromatic rings. The predicted molar refractivity (Wildman–Crippen MR) is 86.2 cm³/mol. The lowest BCUT2D eigenvalue weighted by atomic mass is 10.1. The van der Waals surface area contributed by atoms with Gasteiger partial charge in [-0.2, -0.15) is 0 Å². The number of hydrogen-bond donors (Lipinski definition) is 2. The molecule has 0 saturated heterocycles. The molecule has 2 rings (SSSR count). The van der Waals surface area contributed by atoms with Crippen LogP contribution in [0.5, 0.6) is 0 Å². The molecule has 20 heavy (non-hydrogen) atoms. The van der Waals surface area contributed by atoms with Gasteiger partial charge in [-0.3, -0.25) is 10.2 Å². The van der Waals surface area contributed by atoms with Crippen LogP contribution in [0.4, 0.5) is 0 Å². The van der Waals surface area contributed by atoms with Crippen LogP contribution in [0.3, 0.4) is 0 Å². The minimum Gasteiger partial charge on any atom is -0.294 e. The Morgan fingerprint density at radius 2 is 1.85 bits per heavy atom. The van der Waals surface area contributed by atoms with Gasteiger partial charge in [0.1, 0.15) is 0 Å². The molecule has 104 valence electrons. The molecule has 0 heterocycles. The average molecular weight is 351 g/mol. The van der Waals surface area contributed by atoms with Gasteiger partial charge in [0.15, 0.2) is 0 Å². The average Bonchev–Trinajstić information content (AvgIpc) is 2.46. The zero-order chi connectivity index (χ0) is 14.4. The lowest BCUT2D eigenvalue weighted by Gasteiger charge is -2.05. The third-order valence-electron chi connectivity index (χ3n) is 2.75. The lowest BCUT2D eigenvalue weighted by molar-refractivity contribution is -0.120. The molecule has 0 radical (unpaired) electrons. The van der Waals surface area contributed by atoms with E-state index in [1.54, 1.807) is 11.8 Å². The van der Waals surface area contributed by atoms with Crippen molar-refractivity contribution in [3.63, 3.8) is 0 Å². The number of carbonyl (C=O) groups excluding carboxylic acids is 1. The first-order valence-electron chi connectivity index (χ1n) is 6.13. The molecule has 0 aliphatic heterocycles. The van der Waals surface area contributed by atoms with Crippen LogP contribution < -0.4 is 11.3 Å². The van der Waals surface area contributed by atoms with Gasteiger partial charge in [-0.25, -0.2) is 5.84 Å². The number of thioether (sulfide) groups is 1. The second-order valence-electron chi connectivity index (χ2n) is 4.31. The molecule has 0 unspecified atom stereocenters. The van der Waals surface area contributed by atoms with Gasteiger partial charge in [0.2, 0.25) is 5.91 Å². The summed E-state index contributed by atoms with van der Waals surface area (Å²) in [6.45, 7) is 0. The third kappa shape index (κ3) is 4.67. The zero-order valence-corrected chi connectivity index (χ0v) is 13.2. The summed E-state index contributed by atoms with van der Waals surface area (Å²) in [4.78, 5) is 12.4. The Morgan fingerprint density at radius 3 is 2.50 bits per heavy atom. The van der Waals surface area contributed by atoms with E-state index in [9.17, 15) is 4.79 Å². The fourth-order valence-corrected chi connectivity index (χ4v) is 3.17. The van der Waals surface area contributed by atoms with Gasteiger partial charge in [-0.05, 0) is 29.3 Å². The molecule has 0 aliphatic carbocycles. The van der Waals surface area contributed by atoms with Crippen LogP contribution in [0.25, 0.3) is 0 Å². The maximum Gasteiger partial charge on any atom is 0.238 e. The van der Waals surface area contributed by atoms with E-state index in [0.717, 1.165) is 15.8 Å². The number of nitrogens with one attached hydrogen (secondary N) is 1. The van der Waals surface area contributed by atoms with E-state index < -0.39 is 0 Å². The second-order valence-corrected chi connectivity index (χ2v) is 6.27. The molecular formula is C15H15BrN2OS. The molecule has 0 aromatic heterocycles. The van der Waals surface area contributed by atoms with Crippen molar-refractivity contribution in [2.75, 3.05) is 0 Å². The minimum atomic E-state index is -0.179. The van der Waals surface area contributed by atoms with Crippen LogP contribution in [0.1, 0.15) is 11.1 Å². The smallest absolute Gasteiger partial charge is 0.238 e. The Kier molecular flexibility index (Phi) is 5.64. The molecule has 0 spiro atoms. The van der Waals surface area contributed by atoms with Crippen LogP contribution >= 0.6 is 27.7 Å². The van der Waals surface area contributed by atoms with Crippen molar-refractivity contribution in [1.82, 2.24) is 5.43 Å². The molecule has 0 bridgehead atoms. The molecule has 2 aromatic carbocycles. The summed E-state index contributed by atoms with van der Waals surface area (Å²) in [5.74, 6) is 5.79. The Morgan fingerprint density at radius 1 is 1.15 bits per heavy atom. The standard InChI is InChI=1S/C15H15BrN2OS/c16-13-2-1-3-14(9-13)20-10-12-6-4-11(5-7-12)8-15(19)18-17/h1-7,9H,8,10,17H2,(H,18,19).